The van der Waals surface area contributed by atoms with E-state index >= 15 is 0 Å². The van der Waals surface area contributed by atoms with E-state index in [9.17, 15) is 0 Å². The van der Waals surface area contributed by atoms with Crippen LogP contribution in [0, 0.1) is 0 Å². The molecular weight excluding hydrogens is 234 g/mol. The summed E-state index contributed by atoms with van der Waals surface area (Å²) >= 11 is 0. The molecule has 1 aromatic carbocycles. The Hall–Kier alpha value is -1.54. The molecule has 0 radical (unpaired) electrons. The molecule has 2 nitrogen and oxygen atoms in total. The van der Waals surface area contributed by atoms with Gasteiger partial charge in [-0.05, 0) is 29.5 Å². The van der Waals surface area contributed by atoms with Crippen LogP contribution in [0.2, 0.25) is 0 Å². The van der Waals surface area contributed by atoms with E-state index in [0.29, 0.717) is 5.92 Å². The van der Waals surface area contributed by atoms with E-state index in [0.717, 1.165) is 29.7 Å². The number of hydrogen-bond acceptors (Lipinski definition) is 2. The summed E-state index contributed by atoms with van der Waals surface area (Å²) in [5.74, 6) is 1.59. The van der Waals surface area contributed by atoms with Crippen molar-refractivity contribution in [3.8, 4) is 0 Å². The van der Waals surface area contributed by atoms with Gasteiger partial charge >= 0.3 is 0 Å². The average Bonchev–Trinajstić information content (AvgIpc) is 2.94. The van der Waals surface area contributed by atoms with Crippen molar-refractivity contribution in [2.45, 2.75) is 45.6 Å². The summed E-state index contributed by atoms with van der Waals surface area (Å²) in [5.41, 5.74) is 9.95. The molecule has 0 aliphatic carbocycles. The molecule has 2 atom stereocenters. The average molecular weight is 257 g/mol. The lowest BCUT2D eigenvalue weighted by Gasteiger charge is -2.14. The first-order valence-electron chi connectivity index (χ1n) is 7.09. The number of rotatable bonds is 5. The quantitative estimate of drug-likeness (QED) is 0.862. The van der Waals surface area contributed by atoms with Crippen LogP contribution < -0.4 is 5.73 Å². The van der Waals surface area contributed by atoms with Crippen molar-refractivity contribution in [3.63, 3.8) is 0 Å². The van der Waals surface area contributed by atoms with Crippen molar-refractivity contribution >= 4 is 0 Å². The third-order valence-electron chi connectivity index (χ3n) is 3.91. The molecule has 1 aromatic heterocycles. The lowest BCUT2D eigenvalue weighted by Crippen LogP contribution is -2.12. The minimum atomic E-state index is -0.0975. The Balaban J connectivity index is 2.22. The number of nitrogens with two attached hydrogens (primary N) is 1. The first-order valence-corrected chi connectivity index (χ1v) is 7.09. The normalized spacial score (nSPS) is 14.3. The van der Waals surface area contributed by atoms with Gasteiger partial charge in [0, 0.05) is 12.0 Å². The monoisotopic (exact) mass is 257 g/mol. The molecule has 0 aliphatic heterocycles. The summed E-state index contributed by atoms with van der Waals surface area (Å²) in [6.45, 7) is 6.55. The highest BCUT2D eigenvalue weighted by atomic mass is 16.3. The molecule has 0 saturated carbocycles. The highest BCUT2D eigenvalue weighted by Gasteiger charge is 2.15. The summed E-state index contributed by atoms with van der Waals surface area (Å²) < 4.78 is 5.46. The Labute approximate surface area is 115 Å². The highest BCUT2D eigenvalue weighted by Crippen LogP contribution is 2.26. The van der Waals surface area contributed by atoms with Crippen molar-refractivity contribution in [1.29, 1.82) is 0 Å². The molecule has 2 aromatic rings. The molecule has 2 unspecified atom stereocenters. The maximum atomic E-state index is 6.34. The van der Waals surface area contributed by atoms with Gasteiger partial charge in [0.1, 0.15) is 5.76 Å². The first-order chi connectivity index (χ1) is 9.17. The van der Waals surface area contributed by atoms with Crippen molar-refractivity contribution in [1.82, 2.24) is 0 Å². The number of aryl methyl sites for hydroxylation is 1. The Morgan fingerprint density at radius 2 is 1.68 bits per heavy atom. The van der Waals surface area contributed by atoms with E-state index in [1.54, 1.807) is 6.26 Å². The third-order valence-corrected chi connectivity index (χ3v) is 3.91. The minimum Gasteiger partial charge on any atom is -0.469 e. The first kappa shape index (κ1) is 13.9. The van der Waals surface area contributed by atoms with Crippen LogP contribution in [-0.2, 0) is 6.42 Å². The molecule has 2 heteroatoms. The lowest BCUT2D eigenvalue weighted by molar-refractivity contribution is 0.509. The van der Waals surface area contributed by atoms with Crippen molar-refractivity contribution in [3.05, 3.63) is 59.0 Å². The summed E-state index contributed by atoms with van der Waals surface area (Å²) in [7, 11) is 0. The van der Waals surface area contributed by atoms with Gasteiger partial charge in [0.25, 0.3) is 0 Å². The zero-order valence-corrected chi connectivity index (χ0v) is 12.0. The number of benzene rings is 1. The summed E-state index contributed by atoms with van der Waals surface area (Å²) in [5, 5.41) is 0. The van der Waals surface area contributed by atoms with E-state index in [2.05, 4.69) is 45.0 Å². The Morgan fingerprint density at radius 3 is 2.26 bits per heavy atom. The van der Waals surface area contributed by atoms with Gasteiger partial charge in [0.05, 0.1) is 12.3 Å². The van der Waals surface area contributed by atoms with Gasteiger partial charge in [0.15, 0.2) is 0 Å². The predicted molar refractivity (Wildman–Crippen MR) is 79.3 cm³/mol. The number of furan rings is 1. The van der Waals surface area contributed by atoms with E-state index in [4.69, 9.17) is 10.2 Å². The van der Waals surface area contributed by atoms with E-state index < -0.39 is 0 Å². The fourth-order valence-corrected chi connectivity index (χ4v) is 2.36. The Kier molecular flexibility index (Phi) is 4.43. The summed E-state index contributed by atoms with van der Waals surface area (Å²) in [6, 6.07) is 10.5. The Bertz CT molecular complexity index is 512. The van der Waals surface area contributed by atoms with E-state index in [-0.39, 0.29) is 6.04 Å². The molecular formula is C17H23NO. The van der Waals surface area contributed by atoms with Crippen LogP contribution in [0.25, 0.3) is 0 Å². The zero-order valence-electron chi connectivity index (χ0n) is 12.0. The molecule has 0 aliphatic rings. The summed E-state index contributed by atoms with van der Waals surface area (Å²) in [6.07, 6.45) is 3.76. The molecule has 0 saturated heterocycles. The van der Waals surface area contributed by atoms with Crippen molar-refractivity contribution in [2.24, 2.45) is 5.73 Å². The van der Waals surface area contributed by atoms with E-state index in [1.165, 1.54) is 5.56 Å². The Morgan fingerprint density at radius 1 is 1.05 bits per heavy atom. The van der Waals surface area contributed by atoms with Crippen molar-refractivity contribution in [2.75, 3.05) is 0 Å². The molecule has 0 amide bonds. The second kappa shape index (κ2) is 6.07. The molecule has 0 spiro atoms. The van der Waals surface area contributed by atoms with Crippen molar-refractivity contribution < 1.29 is 4.42 Å². The second-order valence-electron chi connectivity index (χ2n) is 5.11. The predicted octanol–water partition coefficient (Wildman–Crippen LogP) is 4.40. The van der Waals surface area contributed by atoms with Crippen LogP contribution in [0.1, 0.15) is 61.6 Å². The number of hydrogen-bond donors (Lipinski definition) is 1. The smallest absolute Gasteiger partial charge is 0.108 e. The van der Waals surface area contributed by atoms with E-state index in [1.807, 2.05) is 6.07 Å². The van der Waals surface area contributed by atoms with Crippen LogP contribution in [0.4, 0.5) is 0 Å². The van der Waals surface area contributed by atoms with Crippen LogP contribution in [-0.4, -0.2) is 0 Å². The zero-order chi connectivity index (χ0) is 13.8. The van der Waals surface area contributed by atoms with Gasteiger partial charge in [-0.2, -0.15) is 0 Å². The topological polar surface area (TPSA) is 39.2 Å². The second-order valence-corrected chi connectivity index (χ2v) is 5.11. The fraction of sp³-hybridized carbons (Fsp3) is 0.412. The van der Waals surface area contributed by atoms with Gasteiger partial charge in [0.2, 0.25) is 0 Å². The van der Waals surface area contributed by atoms with Crippen LogP contribution in [0.3, 0.4) is 0 Å². The SMILES string of the molecule is CCc1occc1C(N)c1ccc(C(C)CC)cc1. The highest BCUT2D eigenvalue weighted by molar-refractivity contribution is 5.35. The largest absolute Gasteiger partial charge is 0.469 e. The van der Waals surface area contributed by atoms with Gasteiger partial charge in [-0.25, -0.2) is 0 Å². The minimum absolute atomic E-state index is 0.0975. The van der Waals surface area contributed by atoms with Gasteiger partial charge < -0.3 is 10.2 Å². The lowest BCUT2D eigenvalue weighted by atomic mass is 9.94. The molecule has 0 fully saturated rings. The van der Waals surface area contributed by atoms with Gasteiger partial charge in [-0.15, -0.1) is 0 Å². The standard InChI is InChI=1S/C17H23NO/c1-4-12(3)13-6-8-14(9-7-13)17(18)15-10-11-19-16(15)5-2/h6-12,17H,4-5,18H2,1-3H3. The third kappa shape index (κ3) is 2.90. The fourth-order valence-electron chi connectivity index (χ4n) is 2.36. The van der Waals surface area contributed by atoms with Crippen LogP contribution in [0.15, 0.2) is 41.0 Å². The van der Waals surface area contributed by atoms with Gasteiger partial charge in [-0.3, -0.25) is 0 Å². The molecule has 0 bridgehead atoms. The maximum absolute atomic E-state index is 6.34. The molecule has 102 valence electrons. The van der Waals surface area contributed by atoms with Crippen LogP contribution >= 0.6 is 0 Å². The van der Waals surface area contributed by atoms with Crippen LogP contribution in [0.5, 0.6) is 0 Å². The summed E-state index contributed by atoms with van der Waals surface area (Å²) in [4.78, 5) is 0. The molecule has 2 rings (SSSR count). The molecule has 19 heavy (non-hydrogen) atoms. The maximum Gasteiger partial charge on any atom is 0.108 e. The van der Waals surface area contributed by atoms with Gasteiger partial charge in [-0.1, -0.05) is 45.0 Å². The molecule has 2 N–H and O–H groups in total. The molecule has 1 heterocycles.